The second kappa shape index (κ2) is 7.49. The number of alkyl halides is 2. The molecule has 0 radical (unpaired) electrons. The molecule has 0 spiro atoms. The molecule has 0 saturated carbocycles. The van der Waals surface area contributed by atoms with Crippen LogP contribution in [0.25, 0.3) is 11.1 Å². The monoisotopic (exact) mass is 391 g/mol. The Balaban J connectivity index is 1.86. The molecule has 6 heteroatoms. The van der Waals surface area contributed by atoms with Crippen molar-refractivity contribution in [2.75, 3.05) is 6.54 Å². The zero-order chi connectivity index (χ0) is 20.5. The van der Waals surface area contributed by atoms with Crippen LogP contribution in [0.2, 0.25) is 0 Å². The average molecular weight is 391 g/mol. The summed E-state index contributed by atoms with van der Waals surface area (Å²) in [5, 5.41) is 0. The number of amides is 1. The number of likely N-dealkylation sites (tertiary alicyclic amines) is 1. The zero-order valence-electron chi connectivity index (χ0n) is 16.2. The molecule has 0 aliphatic carbocycles. The van der Waals surface area contributed by atoms with Crippen molar-refractivity contribution in [2.45, 2.75) is 51.2 Å². The van der Waals surface area contributed by atoms with Gasteiger partial charge in [0.05, 0.1) is 6.54 Å². The highest BCUT2D eigenvalue weighted by atomic mass is 19.3. The van der Waals surface area contributed by atoms with E-state index in [0.29, 0.717) is 16.7 Å². The van der Waals surface area contributed by atoms with E-state index < -0.39 is 42.4 Å². The minimum atomic E-state index is -3.02. The molecule has 2 aromatic carbocycles. The molecule has 1 aliphatic heterocycles. The third-order valence-corrected chi connectivity index (χ3v) is 4.62. The first-order chi connectivity index (χ1) is 13.1. The third kappa shape index (κ3) is 4.66. The van der Waals surface area contributed by atoms with Crippen LogP contribution in [0.4, 0.5) is 18.0 Å². The van der Waals surface area contributed by atoms with Crippen molar-refractivity contribution >= 4 is 6.09 Å². The number of carbonyl (C=O) groups excluding carboxylic acids is 1. The molecule has 0 N–H and O–H groups in total. The van der Waals surface area contributed by atoms with Gasteiger partial charge in [0.15, 0.2) is 0 Å². The Morgan fingerprint density at radius 3 is 2.46 bits per heavy atom. The second-order valence-corrected chi connectivity index (χ2v) is 8.17. The minimum absolute atomic E-state index is 0.00133. The molecular formula is C22H24F3NO2. The van der Waals surface area contributed by atoms with E-state index in [9.17, 15) is 13.6 Å². The molecule has 0 aromatic heterocycles. The number of hydrogen-bond donors (Lipinski definition) is 0. The predicted molar refractivity (Wildman–Crippen MR) is 102 cm³/mol. The van der Waals surface area contributed by atoms with E-state index in [2.05, 4.69) is 0 Å². The maximum atomic E-state index is 15.1. The topological polar surface area (TPSA) is 29.5 Å². The van der Waals surface area contributed by atoms with Crippen LogP contribution in [0.5, 0.6) is 0 Å². The summed E-state index contributed by atoms with van der Waals surface area (Å²) in [4.78, 5) is 13.4. The first kappa shape index (κ1) is 20.2. The molecule has 1 unspecified atom stereocenters. The molecule has 3 nitrogen and oxygen atoms in total. The zero-order valence-corrected chi connectivity index (χ0v) is 16.2. The molecule has 1 amide bonds. The fraction of sp³-hybridized carbons (Fsp3) is 0.409. The largest absolute Gasteiger partial charge is 0.444 e. The summed E-state index contributed by atoms with van der Waals surface area (Å²) in [6.07, 6.45) is -1.31. The highest BCUT2D eigenvalue weighted by Crippen LogP contribution is 2.36. The van der Waals surface area contributed by atoms with Gasteiger partial charge in [0.1, 0.15) is 11.4 Å². The van der Waals surface area contributed by atoms with Crippen molar-refractivity contribution < 1.29 is 22.7 Å². The second-order valence-electron chi connectivity index (χ2n) is 8.17. The van der Waals surface area contributed by atoms with Gasteiger partial charge in [0, 0.05) is 18.0 Å². The summed E-state index contributed by atoms with van der Waals surface area (Å²) in [7, 11) is 0. The van der Waals surface area contributed by atoms with E-state index in [0.717, 1.165) is 4.90 Å². The van der Waals surface area contributed by atoms with Gasteiger partial charge in [0.25, 0.3) is 5.92 Å². The summed E-state index contributed by atoms with van der Waals surface area (Å²) in [6, 6.07) is 13.1. The van der Waals surface area contributed by atoms with Crippen LogP contribution in [0.3, 0.4) is 0 Å². The standard InChI is InChI=1S/C22H24F3NO2/c1-21(2,3)28-20(27)26-14-22(24,25)13-17(26)12-16-10-7-11-18(19(16)23)15-8-5-4-6-9-15/h4-11,17H,12-14H2,1-3H3. The Bertz CT molecular complexity index is 847. The van der Waals surface area contributed by atoms with Crippen LogP contribution < -0.4 is 0 Å². The molecule has 150 valence electrons. The molecule has 1 fully saturated rings. The number of halogens is 3. The molecular weight excluding hydrogens is 367 g/mol. The Morgan fingerprint density at radius 1 is 1.14 bits per heavy atom. The highest BCUT2D eigenvalue weighted by Gasteiger charge is 2.48. The van der Waals surface area contributed by atoms with E-state index >= 15 is 4.39 Å². The number of hydrogen-bond acceptors (Lipinski definition) is 2. The first-order valence-corrected chi connectivity index (χ1v) is 9.26. The van der Waals surface area contributed by atoms with Crippen LogP contribution in [0.1, 0.15) is 32.8 Å². The Labute approximate surface area is 163 Å². The molecule has 0 bridgehead atoms. The van der Waals surface area contributed by atoms with Crippen molar-refractivity contribution in [2.24, 2.45) is 0 Å². The van der Waals surface area contributed by atoms with E-state index in [1.54, 1.807) is 51.1 Å². The summed E-state index contributed by atoms with van der Waals surface area (Å²) in [5.41, 5.74) is 0.629. The lowest BCUT2D eigenvalue weighted by atomic mass is 9.97. The highest BCUT2D eigenvalue weighted by molar-refractivity contribution is 5.69. The number of rotatable bonds is 3. The SMILES string of the molecule is CC(C)(C)OC(=O)N1CC(F)(F)CC1Cc1cccc(-c2ccccc2)c1F. The maximum Gasteiger partial charge on any atom is 0.410 e. The summed E-state index contributed by atoms with van der Waals surface area (Å²) in [5.74, 6) is -3.47. The molecule has 1 heterocycles. The third-order valence-electron chi connectivity index (χ3n) is 4.62. The first-order valence-electron chi connectivity index (χ1n) is 9.26. The number of ether oxygens (including phenoxy) is 1. The lowest BCUT2D eigenvalue weighted by Gasteiger charge is -2.28. The van der Waals surface area contributed by atoms with Crippen LogP contribution in [0, 0.1) is 5.82 Å². The molecule has 2 aromatic rings. The van der Waals surface area contributed by atoms with E-state index in [1.165, 1.54) is 0 Å². The molecule has 28 heavy (non-hydrogen) atoms. The van der Waals surface area contributed by atoms with Gasteiger partial charge in [-0.05, 0) is 38.3 Å². The van der Waals surface area contributed by atoms with Gasteiger partial charge in [-0.25, -0.2) is 18.0 Å². The van der Waals surface area contributed by atoms with Gasteiger partial charge in [-0.3, -0.25) is 4.90 Å². The average Bonchev–Trinajstić information content (AvgIpc) is 2.91. The van der Waals surface area contributed by atoms with Gasteiger partial charge in [-0.1, -0.05) is 48.5 Å². The van der Waals surface area contributed by atoms with Crippen LogP contribution >= 0.6 is 0 Å². The van der Waals surface area contributed by atoms with Gasteiger partial charge in [0.2, 0.25) is 0 Å². The quantitative estimate of drug-likeness (QED) is 0.674. The van der Waals surface area contributed by atoms with Crippen LogP contribution in [0.15, 0.2) is 48.5 Å². The van der Waals surface area contributed by atoms with Gasteiger partial charge < -0.3 is 4.74 Å². The maximum absolute atomic E-state index is 15.1. The van der Waals surface area contributed by atoms with Gasteiger partial charge >= 0.3 is 6.09 Å². The van der Waals surface area contributed by atoms with E-state index in [-0.39, 0.29) is 6.42 Å². The predicted octanol–water partition coefficient (Wildman–Crippen LogP) is 5.68. The van der Waals surface area contributed by atoms with E-state index in [4.69, 9.17) is 4.74 Å². The van der Waals surface area contributed by atoms with Crippen molar-refractivity contribution in [3.8, 4) is 11.1 Å². The molecule has 1 saturated heterocycles. The molecule has 3 rings (SSSR count). The fourth-order valence-corrected chi connectivity index (χ4v) is 3.45. The van der Waals surface area contributed by atoms with Crippen molar-refractivity contribution in [3.05, 3.63) is 59.9 Å². The number of carbonyl (C=O) groups is 1. The van der Waals surface area contributed by atoms with E-state index in [1.807, 2.05) is 18.2 Å². The van der Waals surface area contributed by atoms with Gasteiger partial charge in [-0.15, -0.1) is 0 Å². The molecule has 1 aliphatic rings. The number of benzene rings is 2. The van der Waals surface area contributed by atoms with Crippen LogP contribution in [-0.4, -0.2) is 35.1 Å². The fourth-order valence-electron chi connectivity index (χ4n) is 3.45. The molecule has 1 atom stereocenters. The number of nitrogens with zero attached hydrogens (tertiary/aromatic N) is 1. The lowest BCUT2D eigenvalue weighted by Crippen LogP contribution is -2.41. The van der Waals surface area contributed by atoms with Crippen molar-refractivity contribution in [3.63, 3.8) is 0 Å². The Hall–Kier alpha value is -2.50. The Morgan fingerprint density at radius 2 is 1.82 bits per heavy atom. The van der Waals surface area contributed by atoms with Gasteiger partial charge in [-0.2, -0.15) is 0 Å². The summed E-state index contributed by atoms with van der Waals surface area (Å²) >= 11 is 0. The van der Waals surface area contributed by atoms with Crippen LogP contribution in [-0.2, 0) is 11.2 Å². The Kier molecular flexibility index (Phi) is 5.41. The minimum Gasteiger partial charge on any atom is -0.444 e. The summed E-state index contributed by atoms with van der Waals surface area (Å²) in [6.45, 7) is 4.32. The summed E-state index contributed by atoms with van der Waals surface area (Å²) < 4.78 is 48.4. The lowest BCUT2D eigenvalue weighted by molar-refractivity contribution is -0.00241. The normalized spacial score (nSPS) is 18.9. The van der Waals surface area contributed by atoms with Crippen molar-refractivity contribution in [1.29, 1.82) is 0 Å². The van der Waals surface area contributed by atoms with Crippen molar-refractivity contribution in [1.82, 2.24) is 4.90 Å². The smallest absolute Gasteiger partial charge is 0.410 e.